The van der Waals surface area contributed by atoms with E-state index < -0.39 is 36.5 Å². The van der Waals surface area contributed by atoms with Crippen LogP contribution >= 0.6 is 11.8 Å². The van der Waals surface area contributed by atoms with Gasteiger partial charge in [0.2, 0.25) is 0 Å². The number of phenols is 2. The molecule has 0 spiro atoms. The lowest BCUT2D eigenvalue weighted by Crippen LogP contribution is -2.48. The zero-order valence-corrected chi connectivity index (χ0v) is 26.1. The third-order valence-corrected chi connectivity index (χ3v) is 15.1. The van der Waals surface area contributed by atoms with Gasteiger partial charge in [0.1, 0.15) is 23.0 Å². The summed E-state index contributed by atoms with van der Waals surface area (Å²) in [5.74, 6) is -2.70. The van der Waals surface area contributed by atoms with E-state index in [2.05, 4.69) is 41.5 Å². The Balaban J connectivity index is 2.35. The molecular weight excluding hydrogens is 547 g/mol. The van der Waals surface area contributed by atoms with Crippen molar-refractivity contribution in [2.24, 2.45) is 5.92 Å². The van der Waals surface area contributed by atoms with Gasteiger partial charge in [-0.3, -0.25) is 9.59 Å². The summed E-state index contributed by atoms with van der Waals surface area (Å²) in [5.41, 5.74) is 1.35. The molecule has 3 rings (SSSR count). The summed E-state index contributed by atoms with van der Waals surface area (Å²) in [6.45, 7) is 15.8. The van der Waals surface area contributed by atoms with E-state index in [1.807, 2.05) is 6.08 Å². The fourth-order valence-electron chi connectivity index (χ4n) is 5.93. The number of benzene rings is 2. The Morgan fingerprint density at radius 3 is 2.12 bits per heavy atom. The van der Waals surface area contributed by atoms with Gasteiger partial charge in [-0.2, -0.15) is 0 Å². The van der Waals surface area contributed by atoms with Crippen LogP contribution in [0.15, 0.2) is 65.3 Å². The SMILES string of the molecule is CC(=O)Oc1cccc(C2(Sc3c(O)ccc(O)c3F)C=C(O[Si](C(C)C)(C(C)C)C(C)C)C=CC2C(C)=O)c1. The first-order valence-electron chi connectivity index (χ1n) is 13.4. The van der Waals surface area contributed by atoms with Crippen molar-refractivity contribution < 1.29 is 33.4 Å². The van der Waals surface area contributed by atoms with Gasteiger partial charge in [0, 0.05) is 6.92 Å². The molecule has 2 unspecified atom stereocenters. The van der Waals surface area contributed by atoms with Crippen molar-refractivity contribution in [3.63, 3.8) is 0 Å². The molecule has 216 valence electrons. The van der Waals surface area contributed by atoms with Crippen LogP contribution in [0.4, 0.5) is 4.39 Å². The van der Waals surface area contributed by atoms with E-state index in [9.17, 15) is 19.8 Å². The van der Waals surface area contributed by atoms with Crippen LogP contribution in [0.1, 0.15) is 61.0 Å². The molecule has 40 heavy (non-hydrogen) atoms. The minimum Gasteiger partial charge on any atom is -0.543 e. The Kier molecular flexibility index (Phi) is 9.62. The minimum absolute atomic E-state index is 0.197. The third kappa shape index (κ3) is 6.00. The first-order chi connectivity index (χ1) is 18.7. The highest BCUT2D eigenvalue weighted by molar-refractivity contribution is 8.00. The molecule has 0 saturated heterocycles. The average Bonchev–Trinajstić information content (AvgIpc) is 2.86. The fourth-order valence-corrected chi connectivity index (χ4v) is 12.7. The monoisotopic (exact) mass is 586 g/mol. The zero-order valence-electron chi connectivity index (χ0n) is 24.3. The number of allylic oxidation sites excluding steroid dienone is 2. The number of rotatable bonds is 10. The maximum atomic E-state index is 15.3. The smallest absolute Gasteiger partial charge is 0.308 e. The lowest BCUT2D eigenvalue weighted by Gasteiger charge is -2.45. The van der Waals surface area contributed by atoms with Gasteiger partial charge in [0.25, 0.3) is 8.32 Å². The van der Waals surface area contributed by atoms with Crippen LogP contribution in [-0.4, -0.2) is 30.3 Å². The quantitative estimate of drug-likeness (QED) is 0.126. The van der Waals surface area contributed by atoms with E-state index in [1.54, 1.807) is 36.4 Å². The molecule has 1 aliphatic rings. The molecule has 2 aromatic rings. The first-order valence-corrected chi connectivity index (χ1v) is 16.4. The highest BCUT2D eigenvalue weighted by atomic mass is 32.2. The van der Waals surface area contributed by atoms with E-state index in [0.29, 0.717) is 11.3 Å². The second-order valence-corrected chi connectivity index (χ2v) is 17.8. The number of esters is 1. The van der Waals surface area contributed by atoms with Crippen LogP contribution in [0.5, 0.6) is 17.2 Å². The van der Waals surface area contributed by atoms with Gasteiger partial charge in [0.05, 0.1) is 15.6 Å². The highest BCUT2D eigenvalue weighted by Crippen LogP contribution is 2.56. The number of hydrogen-bond donors (Lipinski definition) is 2. The second-order valence-electron chi connectivity index (χ2n) is 11.2. The lowest BCUT2D eigenvalue weighted by atomic mass is 9.79. The van der Waals surface area contributed by atoms with Crippen molar-refractivity contribution in [2.45, 2.75) is 81.7 Å². The summed E-state index contributed by atoms with van der Waals surface area (Å²) >= 11 is 0.913. The summed E-state index contributed by atoms with van der Waals surface area (Å²) < 4.78 is 26.3. The van der Waals surface area contributed by atoms with Crippen molar-refractivity contribution >= 4 is 31.8 Å². The van der Waals surface area contributed by atoms with E-state index in [0.717, 1.165) is 17.8 Å². The molecule has 0 bridgehead atoms. The molecule has 0 saturated carbocycles. The molecule has 0 amide bonds. The van der Waals surface area contributed by atoms with Gasteiger partial charge in [0.15, 0.2) is 11.6 Å². The molecule has 6 nitrogen and oxygen atoms in total. The van der Waals surface area contributed by atoms with E-state index in [-0.39, 0.29) is 38.8 Å². The summed E-state index contributed by atoms with van der Waals surface area (Å²) in [5, 5.41) is 20.8. The van der Waals surface area contributed by atoms with Crippen molar-refractivity contribution in [1.29, 1.82) is 0 Å². The second kappa shape index (κ2) is 12.2. The maximum Gasteiger partial charge on any atom is 0.308 e. The predicted octanol–water partition coefficient (Wildman–Crippen LogP) is 8.00. The molecule has 0 aromatic heterocycles. The maximum absolute atomic E-state index is 15.3. The van der Waals surface area contributed by atoms with Crippen molar-refractivity contribution in [3.8, 4) is 17.2 Å². The topological polar surface area (TPSA) is 93.1 Å². The molecule has 0 heterocycles. The molecule has 2 atom stereocenters. The third-order valence-electron chi connectivity index (χ3n) is 7.59. The molecular formula is C31H39FO6SSi. The molecule has 2 aromatic carbocycles. The van der Waals surface area contributed by atoms with Gasteiger partial charge in [-0.1, -0.05) is 59.8 Å². The fraction of sp³-hybridized carbons (Fsp3) is 0.419. The number of ketones is 1. The van der Waals surface area contributed by atoms with Crippen LogP contribution < -0.4 is 4.74 Å². The van der Waals surface area contributed by atoms with Crippen molar-refractivity contribution in [2.75, 3.05) is 0 Å². The molecule has 0 fully saturated rings. The van der Waals surface area contributed by atoms with E-state index >= 15 is 4.39 Å². The number of phenolic OH excluding ortho intramolecular Hbond substituents is 2. The van der Waals surface area contributed by atoms with Gasteiger partial charge < -0.3 is 19.4 Å². The Morgan fingerprint density at radius 2 is 1.57 bits per heavy atom. The van der Waals surface area contributed by atoms with E-state index in [4.69, 9.17) is 9.16 Å². The summed E-state index contributed by atoms with van der Waals surface area (Å²) in [7, 11) is -2.43. The van der Waals surface area contributed by atoms with Crippen LogP contribution in [0.3, 0.4) is 0 Å². The zero-order chi connectivity index (χ0) is 30.0. The summed E-state index contributed by atoms with van der Waals surface area (Å²) in [6.07, 6.45) is 5.36. The Labute approximate surface area is 241 Å². The number of ether oxygens (including phenoxy) is 1. The standard InChI is InChI=1S/C31H39FO6SSi/c1-18(2)40(19(3)4,20(5)6)38-25-12-13-26(21(7)33)31(17-25,23-10-9-11-24(16-23)37-22(8)34)39-30-28(36)15-14-27(35)29(30)32/h9-20,26,35-36H,1-8H3. The number of Topliss-reactive ketones (excluding diaryl/α,β-unsaturated/α-hetero) is 1. The number of thioether (sulfide) groups is 1. The summed E-state index contributed by atoms with van der Waals surface area (Å²) in [4.78, 5) is 24.7. The van der Waals surface area contributed by atoms with Crippen LogP contribution in [0, 0.1) is 11.7 Å². The van der Waals surface area contributed by atoms with Gasteiger partial charge in [-0.05, 0) is 65.5 Å². The molecule has 2 N–H and O–H groups in total. The Bertz CT molecular complexity index is 1310. The van der Waals surface area contributed by atoms with Crippen LogP contribution in [0.25, 0.3) is 0 Å². The molecule has 0 radical (unpaired) electrons. The Hall–Kier alpha value is -3.04. The molecule has 0 aliphatic heterocycles. The minimum atomic E-state index is -2.43. The number of carbonyl (C=O) groups is 2. The molecule has 9 heteroatoms. The molecule has 1 aliphatic carbocycles. The normalized spacial score (nSPS) is 19.2. The number of carbonyl (C=O) groups excluding carboxylic acids is 2. The Morgan fingerprint density at radius 1 is 0.975 bits per heavy atom. The number of aromatic hydroxyl groups is 2. The predicted molar refractivity (Wildman–Crippen MR) is 159 cm³/mol. The van der Waals surface area contributed by atoms with Gasteiger partial charge in [-0.25, -0.2) is 4.39 Å². The van der Waals surface area contributed by atoms with Gasteiger partial charge >= 0.3 is 5.97 Å². The van der Waals surface area contributed by atoms with Crippen LogP contribution in [-0.2, 0) is 18.8 Å². The highest BCUT2D eigenvalue weighted by Gasteiger charge is 2.50. The largest absolute Gasteiger partial charge is 0.543 e. The van der Waals surface area contributed by atoms with Crippen LogP contribution in [0.2, 0.25) is 16.6 Å². The average molecular weight is 587 g/mol. The van der Waals surface area contributed by atoms with Crippen molar-refractivity contribution in [1.82, 2.24) is 0 Å². The lowest BCUT2D eigenvalue weighted by molar-refractivity contribution is -0.132. The van der Waals surface area contributed by atoms with Crippen molar-refractivity contribution in [3.05, 3.63) is 71.8 Å². The van der Waals surface area contributed by atoms with Gasteiger partial charge in [-0.15, -0.1) is 11.8 Å². The number of halogens is 1. The van der Waals surface area contributed by atoms with E-state index in [1.165, 1.54) is 19.9 Å². The first kappa shape index (κ1) is 31.5. The summed E-state index contributed by atoms with van der Waals surface area (Å²) in [6, 6.07) is 8.98. The number of hydrogen-bond acceptors (Lipinski definition) is 7.